The van der Waals surface area contributed by atoms with Crippen LogP contribution in [0.1, 0.15) is 36.6 Å². The van der Waals surface area contributed by atoms with Crippen LogP contribution in [0.4, 0.5) is 4.39 Å². The third-order valence-electron chi connectivity index (χ3n) is 3.74. The number of aryl methyl sites for hydroxylation is 1. The van der Waals surface area contributed by atoms with E-state index in [0.29, 0.717) is 5.75 Å². The highest BCUT2D eigenvalue weighted by atomic mass is 19.1. The van der Waals surface area contributed by atoms with Gasteiger partial charge in [-0.2, -0.15) is 0 Å². The smallest absolute Gasteiger partial charge is 0.166 e. The summed E-state index contributed by atoms with van der Waals surface area (Å²) in [6.45, 7) is 8.89. The van der Waals surface area contributed by atoms with Crippen molar-refractivity contribution >= 4 is 0 Å². The van der Waals surface area contributed by atoms with Crippen molar-refractivity contribution in [2.45, 2.75) is 33.7 Å². The van der Waals surface area contributed by atoms with E-state index in [9.17, 15) is 4.39 Å². The van der Waals surface area contributed by atoms with Gasteiger partial charge in [-0.15, -0.1) is 0 Å². The van der Waals surface area contributed by atoms with Crippen LogP contribution in [-0.4, -0.2) is 6.54 Å². The molecular weight excluding hydrogens is 265 g/mol. The molecule has 0 aliphatic carbocycles. The van der Waals surface area contributed by atoms with Crippen LogP contribution in [-0.2, 0) is 0 Å². The van der Waals surface area contributed by atoms with Crippen molar-refractivity contribution < 1.29 is 9.13 Å². The molecule has 112 valence electrons. The Balaban J connectivity index is 2.23. The van der Waals surface area contributed by atoms with Crippen molar-refractivity contribution in [1.82, 2.24) is 5.32 Å². The van der Waals surface area contributed by atoms with Gasteiger partial charge in [0.1, 0.15) is 5.75 Å². The maximum atomic E-state index is 14.2. The molecule has 0 bridgehead atoms. The zero-order valence-electron chi connectivity index (χ0n) is 13.0. The molecule has 0 aromatic heterocycles. The van der Waals surface area contributed by atoms with Crippen molar-refractivity contribution in [3.05, 3.63) is 58.9 Å². The van der Waals surface area contributed by atoms with Crippen molar-refractivity contribution in [3.8, 4) is 11.5 Å². The van der Waals surface area contributed by atoms with E-state index >= 15 is 0 Å². The Labute approximate surface area is 126 Å². The predicted molar refractivity (Wildman–Crippen MR) is 84.5 cm³/mol. The van der Waals surface area contributed by atoms with Crippen LogP contribution in [0.2, 0.25) is 0 Å². The second kappa shape index (κ2) is 6.72. The first kappa shape index (κ1) is 15.5. The maximum Gasteiger partial charge on any atom is 0.166 e. The van der Waals surface area contributed by atoms with E-state index in [1.807, 2.05) is 52.0 Å². The van der Waals surface area contributed by atoms with Gasteiger partial charge in [-0.1, -0.05) is 25.1 Å². The molecule has 0 heterocycles. The maximum absolute atomic E-state index is 14.2. The summed E-state index contributed by atoms with van der Waals surface area (Å²) in [5, 5.41) is 3.27. The van der Waals surface area contributed by atoms with E-state index in [1.165, 1.54) is 6.07 Å². The molecule has 0 aliphatic rings. The molecule has 1 N–H and O–H groups in total. The van der Waals surface area contributed by atoms with Gasteiger partial charge in [-0.05, 0) is 62.2 Å². The highest BCUT2D eigenvalue weighted by molar-refractivity contribution is 5.42. The van der Waals surface area contributed by atoms with E-state index < -0.39 is 0 Å². The highest BCUT2D eigenvalue weighted by Gasteiger charge is 2.11. The van der Waals surface area contributed by atoms with Crippen molar-refractivity contribution in [3.63, 3.8) is 0 Å². The van der Waals surface area contributed by atoms with E-state index in [1.54, 1.807) is 6.07 Å². The SMILES string of the molecule is CCNC(C)c1ccc(Oc2cccc(C)c2C)c(F)c1. The molecule has 1 unspecified atom stereocenters. The molecule has 3 heteroatoms. The van der Waals surface area contributed by atoms with E-state index in [4.69, 9.17) is 4.74 Å². The molecule has 2 nitrogen and oxygen atoms in total. The second-order valence-corrected chi connectivity index (χ2v) is 5.27. The van der Waals surface area contributed by atoms with E-state index in [0.717, 1.165) is 23.2 Å². The van der Waals surface area contributed by atoms with Crippen LogP contribution in [0.3, 0.4) is 0 Å². The molecule has 0 saturated carbocycles. The standard InChI is InChI=1S/C18H22FNO/c1-5-20-14(4)15-9-10-18(16(19)11-15)21-17-8-6-7-12(2)13(17)3/h6-11,14,20H,5H2,1-4H3. The zero-order chi connectivity index (χ0) is 15.4. The van der Waals surface area contributed by atoms with E-state index in [2.05, 4.69) is 5.32 Å². The van der Waals surface area contributed by atoms with Crippen LogP contribution in [0.5, 0.6) is 11.5 Å². The average molecular weight is 287 g/mol. The second-order valence-electron chi connectivity index (χ2n) is 5.27. The van der Waals surface area contributed by atoms with Crippen molar-refractivity contribution in [1.29, 1.82) is 0 Å². The minimum Gasteiger partial charge on any atom is -0.454 e. The van der Waals surface area contributed by atoms with Crippen LogP contribution in [0.25, 0.3) is 0 Å². The zero-order valence-corrected chi connectivity index (χ0v) is 13.0. The molecule has 0 saturated heterocycles. The molecule has 2 aromatic rings. The molecule has 0 amide bonds. The van der Waals surface area contributed by atoms with Gasteiger partial charge in [0.15, 0.2) is 11.6 Å². The summed E-state index contributed by atoms with van der Waals surface area (Å²) in [7, 11) is 0. The lowest BCUT2D eigenvalue weighted by Crippen LogP contribution is -2.17. The Morgan fingerprint density at radius 1 is 1.14 bits per heavy atom. The molecule has 21 heavy (non-hydrogen) atoms. The quantitative estimate of drug-likeness (QED) is 0.844. The first-order chi connectivity index (χ1) is 10.0. The predicted octanol–water partition coefficient (Wildman–Crippen LogP) is 4.91. The molecule has 0 fully saturated rings. The number of hydrogen-bond donors (Lipinski definition) is 1. The summed E-state index contributed by atoms with van der Waals surface area (Å²) >= 11 is 0. The number of benzene rings is 2. The first-order valence-electron chi connectivity index (χ1n) is 7.29. The van der Waals surface area contributed by atoms with Gasteiger partial charge in [0.2, 0.25) is 0 Å². The summed E-state index contributed by atoms with van der Waals surface area (Å²) < 4.78 is 19.9. The fraction of sp³-hybridized carbons (Fsp3) is 0.333. The lowest BCUT2D eigenvalue weighted by molar-refractivity contribution is 0.437. The summed E-state index contributed by atoms with van der Waals surface area (Å²) in [5.74, 6) is 0.621. The van der Waals surface area contributed by atoms with Crippen LogP contribution >= 0.6 is 0 Å². The third kappa shape index (κ3) is 3.61. The number of hydrogen-bond acceptors (Lipinski definition) is 2. The molecular formula is C18H22FNO. The summed E-state index contributed by atoms with van der Waals surface area (Å²) in [6, 6.07) is 11.0. The summed E-state index contributed by atoms with van der Waals surface area (Å²) in [6.07, 6.45) is 0. The van der Waals surface area contributed by atoms with Gasteiger partial charge in [0.25, 0.3) is 0 Å². The van der Waals surface area contributed by atoms with Gasteiger partial charge in [-0.3, -0.25) is 0 Å². The van der Waals surface area contributed by atoms with Gasteiger partial charge in [0.05, 0.1) is 0 Å². The van der Waals surface area contributed by atoms with Gasteiger partial charge in [-0.25, -0.2) is 4.39 Å². The molecule has 1 atom stereocenters. The van der Waals surface area contributed by atoms with Crippen LogP contribution in [0.15, 0.2) is 36.4 Å². The number of nitrogens with one attached hydrogen (secondary N) is 1. The monoisotopic (exact) mass is 287 g/mol. The number of halogens is 1. The molecule has 0 spiro atoms. The Bertz CT molecular complexity index is 625. The fourth-order valence-electron chi connectivity index (χ4n) is 2.25. The average Bonchev–Trinajstić information content (AvgIpc) is 2.46. The minimum atomic E-state index is -0.335. The normalized spacial score (nSPS) is 12.2. The first-order valence-corrected chi connectivity index (χ1v) is 7.29. The highest BCUT2D eigenvalue weighted by Crippen LogP contribution is 2.30. The van der Waals surface area contributed by atoms with Gasteiger partial charge < -0.3 is 10.1 Å². The molecule has 2 rings (SSSR count). The topological polar surface area (TPSA) is 21.3 Å². The van der Waals surface area contributed by atoms with Gasteiger partial charge in [0, 0.05) is 6.04 Å². The Hall–Kier alpha value is -1.87. The van der Waals surface area contributed by atoms with Crippen LogP contribution < -0.4 is 10.1 Å². The van der Waals surface area contributed by atoms with Crippen molar-refractivity contribution in [2.75, 3.05) is 6.54 Å². The minimum absolute atomic E-state index is 0.124. The Kier molecular flexibility index (Phi) is 4.97. The number of rotatable bonds is 5. The number of ether oxygens (including phenoxy) is 1. The summed E-state index contributed by atoms with van der Waals surface area (Å²) in [5.41, 5.74) is 3.08. The summed E-state index contributed by atoms with van der Waals surface area (Å²) in [4.78, 5) is 0. The molecule has 0 radical (unpaired) electrons. The van der Waals surface area contributed by atoms with Crippen molar-refractivity contribution in [2.24, 2.45) is 0 Å². The lowest BCUT2D eigenvalue weighted by Gasteiger charge is -2.15. The van der Waals surface area contributed by atoms with E-state index in [-0.39, 0.29) is 17.6 Å². The lowest BCUT2D eigenvalue weighted by atomic mass is 10.1. The van der Waals surface area contributed by atoms with Gasteiger partial charge >= 0.3 is 0 Å². The third-order valence-corrected chi connectivity index (χ3v) is 3.74. The Morgan fingerprint density at radius 3 is 2.57 bits per heavy atom. The largest absolute Gasteiger partial charge is 0.454 e. The fourth-order valence-corrected chi connectivity index (χ4v) is 2.25. The molecule has 2 aromatic carbocycles. The van der Waals surface area contributed by atoms with Crippen LogP contribution in [0, 0.1) is 19.7 Å². The Morgan fingerprint density at radius 2 is 1.90 bits per heavy atom. The molecule has 0 aliphatic heterocycles.